The quantitative estimate of drug-likeness (QED) is 0.871. The average Bonchev–Trinajstić information content (AvgIpc) is 2.53. The number of halogens is 1. The van der Waals surface area contributed by atoms with E-state index in [0.717, 1.165) is 36.8 Å². The van der Waals surface area contributed by atoms with E-state index in [1.807, 2.05) is 11.8 Å². The van der Waals surface area contributed by atoms with Gasteiger partial charge in [-0.1, -0.05) is 35.0 Å². The Bertz CT molecular complexity index is 454. The van der Waals surface area contributed by atoms with Gasteiger partial charge in [-0.05, 0) is 50.3 Å². The Kier molecular flexibility index (Phi) is 6.24. The molecular weight excluding hydrogens is 328 g/mol. The van der Waals surface area contributed by atoms with Crippen molar-refractivity contribution in [1.29, 1.82) is 0 Å². The maximum atomic E-state index is 12.5. The Morgan fingerprint density at radius 3 is 2.43 bits per heavy atom. The van der Waals surface area contributed by atoms with E-state index in [0.29, 0.717) is 0 Å². The summed E-state index contributed by atoms with van der Waals surface area (Å²) < 4.78 is 1.08. The Hall–Kier alpha value is -0.870. The molecule has 1 aliphatic rings. The van der Waals surface area contributed by atoms with Crippen molar-refractivity contribution in [1.82, 2.24) is 10.2 Å². The lowest BCUT2D eigenvalue weighted by Gasteiger charge is -2.31. The minimum atomic E-state index is -0.128. The maximum Gasteiger partial charge on any atom is 0.239 e. The van der Waals surface area contributed by atoms with Gasteiger partial charge >= 0.3 is 0 Å². The van der Waals surface area contributed by atoms with Gasteiger partial charge in [0, 0.05) is 23.6 Å². The summed E-state index contributed by atoms with van der Waals surface area (Å²) in [7, 11) is 0. The van der Waals surface area contributed by atoms with E-state index in [9.17, 15) is 4.79 Å². The summed E-state index contributed by atoms with van der Waals surface area (Å²) in [6, 6.07) is 8.43. The third-order valence-electron chi connectivity index (χ3n) is 4.17. The normalized spacial score (nSPS) is 18.3. The molecule has 1 fully saturated rings. The van der Waals surface area contributed by atoms with Crippen LogP contribution < -0.4 is 5.32 Å². The van der Waals surface area contributed by atoms with E-state index in [1.165, 1.54) is 12.0 Å². The first-order valence-electron chi connectivity index (χ1n) is 7.92. The number of piperidine rings is 1. The summed E-state index contributed by atoms with van der Waals surface area (Å²) in [5, 5.41) is 3.49. The Morgan fingerprint density at radius 1 is 1.24 bits per heavy atom. The number of benzene rings is 1. The number of nitrogens with one attached hydrogen (secondary N) is 1. The standard InChI is InChI=1S/C17H25BrN2O/c1-3-16(14-7-9-15(18)10-8-14)19-13(2)17(21)20-11-5-4-6-12-20/h7-10,13,16,19H,3-6,11-12H2,1-2H3. The third kappa shape index (κ3) is 4.55. The van der Waals surface area contributed by atoms with Gasteiger partial charge in [0.15, 0.2) is 0 Å². The molecule has 1 N–H and O–H groups in total. The van der Waals surface area contributed by atoms with Crippen molar-refractivity contribution in [3.63, 3.8) is 0 Å². The molecule has 0 aliphatic carbocycles. The molecular formula is C17H25BrN2O. The highest BCUT2D eigenvalue weighted by molar-refractivity contribution is 9.10. The average molecular weight is 353 g/mol. The topological polar surface area (TPSA) is 32.3 Å². The molecule has 0 spiro atoms. The highest BCUT2D eigenvalue weighted by Crippen LogP contribution is 2.20. The fourth-order valence-corrected chi connectivity index (χ4v) is 3.17. The van der Waals surface area contributed by atoms with Gasteiger partial charge in [0.2, 0.25) is 5.91 Å². The van der Waals surface area contributed by atoms with Crippen LogP contribution in [0.5, 0.6) is 0 Å². The lowest BCUT2D eigenvalue weighted by Crippen LogP contribution is -2.47. The van der Waals surface area contributed by atoms with E-state index >= 15 is 0 Å². The van der Waals surface area contributed by atoms with Crippen LogP contribution in [0.2, 0.25) is 0 Å². The fraction of sp³-hybridized carbons (Fsp3) is 0.588. The minimum absolute atomic E-state index is 0.128. The Labute approximate surface area is 136 Å². The van der Waals surface area contributed by atoms with E-state index in [4.69, 9.17) is 0 Å². The summed E-state index contributed by atoms with van der Waals surface area (Å²) >= 11 is 3.46. The van der Waals surface area contributed by atoms with Crippen LogP contribution in [0.4, 0.5) is 0 Å². The first kappa shape index (κ1) is 16.5. The Balaban J connectivity index is 1.96. The van der Waals surface area contributed by atoms with Crippen molar-refractivity contribution in [2.24, 2.45) is 0 Å². The largest absolute Gasteiger partial charge is 0.341 e. The number of likely N-dealkylation sites (tertiary alicyclic amines) is 1. The van der Waals surface area contributed by atoms with E-state index in [2.05, 4.69) is 52.4 Å². The SMILES string of the molecule is CCC(NC(C)C(=O)N1CCCCC1)c1ccc(Br)cc1. The second-order valence-corrected chi connectivity index (χ2v) is 6.70. The molecule has 1 heterocycles. The van der Waals surface area contributed by atoms with Crippen LogP contribution in [0.25, 0.3) is 0 Å². The van der Waals surface area contributed by atoms with Gasteiger partial charge in [-0.3, -0.25) is 10.1 Å². The van der Waals surface area contributed by atoms with Crippen LogP contribution in [-0.2, 0) is 4.79 Å². The number of hydrogen-bond acceptors (Lipinski definition) is 2. The zero-order valence-corrected chi connectivity index (χ0v) is 14.5. The second-order valence-electron chi connectivity index (χ2n) is 5.79. The first-order chi connectivity index (χ1) is 10.1. The smallest absolute Gasteiger partial charge is 0.239 e. The van der Waals surface area contributed by atoms with Crippen LogP contribution >= 0.6 is 15.9 Å². The summed E-state index contributed by atoms with van der Waals surface area (Å²) in [6.07, 6.45) is 4.51. The van der Waals surface area contributed by atoms with E-state index in [-0.39, 0.29) is 18.0 Å². The molecule has 21 heavy (non-hydrogen) atoms. The molecule has 1 aliphatic heterocycles. The number of hydrogen-bond donors (Lipinski definition) is 1. The molecule has 4 heteroatoms. The number of nitrogens with zero attached hydrogens (tertiary/aromatic N) is 1. The molecule has 1 amide bonds. The number of amides is 1. The third-order valence-corrected chi connectivity index (χ3v) is 4.70. The van der Waals surface area contributed by atoms with Crippen LogP contribution in [0.1, 0.15) is 51.1 Å². The number of carbonyl (C=O) groups excluding carboxylic acids is 1. The monoisotopic (exact) mass is 352 g/mol. The summed E-state index contributed by atoms with van der Waals surface area (Å²) in [6.45, 7) is 5.97. The molecule has 2 unspecified atom stereocenters. The molecule has 2 rings (SSSR count). The Morgan fingerprint density at radius 2 is 1.86 bits per heavy atom. The van der Waals surface area contributed by atoms with Crippen molar-refractivity contribution in [3.05, 3.63) is 34.3 Å². The van der Waals surface area contributed by atoms with Gasteiger partial charge in [0.05, 0.1) is 6.04 Å². The first-order valence-corrected chi connectivity index (χ1v) is 8.71. The summed E-state index contributed by atoms with van der Waals surface area (Å²) in [5.74, 6) is 0.241. The van der Waals surface area contributed by atoms with Gasteiger partial charge in [0.1, 0.15) is 0 Å². The predicted molar refractivity (Wildman–Crippen MR) is 90.2 cm³/mol. The van der Waals surface area contributed by atoms with Crippen molar-refractivity contribution < 1.29 is 4.79 Å². The van der Waals surface area contributed by atoms with Gasteiger partial charge in [0.25, 0.3) is 0 Å². The van der Waals surface area contributed by atoms with Crippen molar-refractivity contribution in [2.75, 3.05) is 13.1 Å². The van der Waals surface area contributed by atoms with Crippen molar-refractivity contribution in [2.45, 2.75) is 51.6 Å². The molecule has 0 aromatic heterocycles. The zero-order valence-electron chi connectivity index (χ0n) is 12.9. The highest BCUT2D eigenvalue weighted by Gasteiger charge is 2.24. The lowest BCUT2D eigenvalue weighted by atomic mass is 10.0. The molecule has 1 aromatic carbocycles. The summed E-state index contributed by atoms with van der Waals surface area (Å²) in [5.41, 5.74) is 1.24. The van der Waals surface area contributed by atoms with Crippen LogP contribution in [0.3, 0.4) is 0 Å². The van der Waals surface area contributed by atoms with Crippen LogP contribution in [0, 0.1) is 0 Å². The molecule has 0 bridgehead atoms. The lowest BCUT2D eigenvalue weighted by molar-refractivity contribution is -0.134. The molecule has 116 valence electrons. The highest BCUT2D eigenvalue weighted by atomic mass is 79.9. The minimum Gasteiger partial charge on any atom is -0.341 e. The number of rotatable bonds is 5. The van der Waals surface area contributed by atoms with E-state index < -0.39 is 0 Å². The molecule has 0 radical (unpaired) electrons. The van der Waals surface area contributed by atoms with E-state index in [1.54, 1.807) is 0 Å². The predicted octanol–water partition coefficient (Wildman–Crippen LogP) is 3.89. The molecule has 3 nitrogen and oxygen atoms in total. The molecule has 1 saturated heterocycles. The van der Waals surface area contributed by atoms with Crippen LogP contribution in [0.15, 0.2) is 28.7 Å². The molecule has 0 saturated carbocycles. The van der Waals surface area contributed by atoms with Gasteiger partial charge in [-0.2, -0.15) is 0 Å². The molecule has 1 aromatic rings. The van der Waals surface area contributed by atoms with Gasteiger partial charge in [-0.15, -0.1) is 0 Å². The van der Waals surface area contributed by atoms with Crippen molar-refractivity contribution >= 4 is 21.8 Å². The molecule has 2 atom stereocenters. The fourth-order valence-electron chi connectivity index (χ4n) is 2.91. The second kappa shape index (κ2) is 7.95. The van der Waals surface area contributed by atoms with Gasteiger partial charge < -0.3 is 4.90 Å². The number of carbonyl (C=O) groups is 1. The van der Waals surface area contributed by atoms with Crippen molar-refractivity contribution in [3.8, 4) is 0 Å². The summed E-state index contributed by atoms with van der Waals surface area (Å²) in [4.78, 5) is 14.5. The van der Waals surface area contributed by atoms with Gasteiger partial charge in [-0.25, -0.2) is 0 Å². The maximum absolute atomic E-state index is 12.5. The zero-order chi connectivity index (χ0) is 15.2. The van der Waals surface area contributed by atoms with Crippen LogP contribution in [-0.4, -0.2) is 29.9 Å².